The summed E-state index contributed by atoms with van der Waals surface area (Å²) in [5, 5.41) is 2.65. The van der Waals surface area contributed by atoms with E-state index < -0.39 is 15.9 Å². The van der Waals surface area contributed by atoms with Crippen LogP contribution in [0.3, 0.4) is 0 Å². The first kappa shape index (κ1) is 18.2. The molecular weight excluding hydrogens is 324 g/mol. The van der Waals surface area contributed by atoms with Crippen molar-refractivity contribution in [2.45, 2.75) is 32.6 Å². The normalized spacial score (nSPS) is 11.3. The van der Waals surface area contributed by atoms with Crippen molar-refractivity contribution in [3.05, 3.63) is 58.7 Å². The Morgan fingerprint density at radius 2 is 1.50 bits per heavy atom. The number of hydrogen-bond acceptors (Lipinski definition) is 3. The average Bonchev–Trinajstić information content (AvgIpc) is 2.52. The van der Waals surface area contributed by atoms with E-state index in [0.717, 1.165) is 11.1 Å². The molecule has 1 amide bonds. The maximum Gasteiger partial charge on any atom is 0.241 e. The molecule has 2 aromatic carbocycles. The Balaban J connectivity index is 2.17. The van der Waals surface area contributed by atoms with Crippen molar-refractivity contribution in [1.29, 1.82) is 0 Å². The minimum absolute atomic E-state index is 0.257. The summed E-state index contributed by atoms with van der Waals surface area (Å²) in [6, 6.07) is 10.9. The summed E-state index contributed by atoms with van der Waals surface area (Å²) in [6.07, 6.45) is 0. The molecule has 6 heteroatoms. The third-order valence-corrected chi connectivity index (χ3v) is 5.72. The number of anilines is 1. The van der Waals surface area contributed by atoms with E-state index in [-0.39, 0.29) is 11.4 Å². The lowest BCUT2D eigenvalue weighted by molar-refractivity contribution is -0.115. The van der Waals surface area contributed by atoms with Gasteiger partial charge in [0.2, 0.25) is 15.9 Å². The number of hydrogen-bond donors (Lipinski definition) is 2. The monoisotopic (exact) mass is 346 g/mol. The van der Waals surface area contributed by atoms with Crippen LogP contribution in [0.25, 0.3) is 0 Å². The standard InChI is InChI=1S/C18H22N2O3S/c1-12-10-13(2)15(4)18(14(12)3)24(22,23)19-11-17(21)20-16-8-6-5-7-9-16/h5-10,19H,11H2,1-4H3,(H,20,21). The molecule has 0 aliphatic rings. The number of aryl methyl sites for hydroxylation is 2. The van der Waals surface area contributed by atoms with Crippen LogP contribution >= 0.6 is 0 Å². The van der Waals surface area contributed by atoms with Crippen molar-refractivity contribution < 1.29 is 13.2 Å². The van der Waals surface area contributed by atoms with Crippen molar-refractivity contribution in [3.8, 4) is 0 Å². The molecule has 0 spiro atoms. The van der Waals surface area contributed by atoms with Gasteiger partial charge in [0.05, 0.1) is 11.4 Å². The molecule has 0 atom stereocenters. The minimum Gasteiger partial charge on any atom is -0.325 e. The fourth-order valence-electron chi connectivity index (χ4n) is 2.54. The lowest BCUT2D eigenvalue weighted by atomic mass is 10.0. The van der Waals surface area contributed by atoms with Gasteiger partial charge < -0.3 is 5.32 Å². The Morgan fingerprint density at radius 1 is 0.958 bits per heavy atom. The topological polar surface area (TPSA) is 75.3 Å². The molecule has 0 fully saturated rings. The number of carbonyl (C=O) groups excluding carboxylic acids is 1. The maximum atomic E-state index is 12.6. The second-order valence-electron chi connectivity index (χ2n) is 5.83. The molecule has 0 radical (unpaired) electrons. The molecule has 0 aliphatic heterocycles. The molecule has 5 nitrogen and oxygen atoms in total. The van der Waals surface area contributed by atoms with E-state index in [2.05, 4.69) is 10.0 Å². The predicted molar refractivity (Wildman–Crippen MR) is 95.7 cm³/mol. The van der Waals surface area contributed by atoms with E-state index in [0.29, 0.717) is 16.8 Å². The summed E-state index contributed by atoms with van der Waals surface area (Å²) < 4.78 is 27.7. The predicted octanol–water partition coefficient (Wildman–Crippen LogP) is 2.84. The van der Waals surface area contributed by atoms with Crippen LogP contribution < -0.4 is 10.0 Å². The second-order valence-corrected chi connectivity index (χ2v) is 7.53. The van der Waals surface area contributed by atoms with Crippen LogP contribution in [-0.4, -0.2) is 20.9 Å². The Labute approximate surface area is 143 Å². The van der Waals surface area contributed by atoms with Crippen LogP contribution in [0, 0.1) is 27.7 Å². The average molecular weight is 346 g/mol. The summed E-state index contributed by atoms with van der Waals surface area (Å²) in [5.41, 5.74) is 3.85. The Bertz CT molecular complexity index is 833. The fraction of sp³-hybridized carbons (Fsp3) is 0.278. The van der Waals surface area contributed by atoms with Gasteiger partial charge in [-0.05, 0) is 62.1 Å². The van der Waals surface area contributed by atoms with Gasteiger partial charge in [-0.15, -0.1) is 0 Å². The molecule has 0 saturated carbocycles. The first-order chi connectivity index (χ1) is 11.2. The molecule has 0 bridgehead atoms. The van der Waals surface area contributed by atoms with Gasteiger partial charge in [0.1, 0.15) is 0 Å². The summed E-state index contributed by atoms with van der Waals surface area (Å²) in [6.45, 7) is 7.00. The Hall–Kier alpha value is -2.18. The van der Waals surface area contributed by atoms with Crippen LogP contribution in [0.5, 0.6) is 0 Å². The maximum absolute atomic E-state index is 12.6. The van der Waals surface area contributed by atoms with Crippen LogP contribution in [0.2, 0.25) is 0 Å². The van der Waals surface area contributed by atoms with E-state index in [4.69, 9.17) is 0 Å². The second kappa shape index (κ2) is 7.15. The van der Waals surface area contributed by atoms with E-state index in [1.807, 2.05) is 26.0 Å². The van der Waals surface area contributed by atoms with Gasteiger partial charge in [-0.3, -0.25) is 4.79 Å². The largest absolute Gasteiger partial charge is 0.325 e. The number of para-hydroxylation sites is 1. The number of rotatable bonds is 5. The van der Waals surface area contributed by atoms with Gasteiger partial charge in [-0.25, -0.2) is 13.1 Å². The smallest absolute Gasteiger partial charge is 0.241 e. The molecule has 0 unspecified atom stereocenters. The lowest BCUT2D eigenvalue weighted by Crippen LogP contribution is -2.33. The first-order valence-electron chi connectivity index (χ1n) is 7.64. The van der Waals surface area contributed by atoms with Crippen molar-refractivity contribution in [2.24, 2.45) is 0 Å². The van der Waals surface area contributed by atoms with Crippen LogP contribution in [0.15, 0.2) is 41.3 Å². The zero-order valence-corrected chi connectivity index (χ0v) is 15.1. The molecule has 2 N–H and O–H groups in total. The molecule has 24 heavy (non-hydrogen) atoms. The molecule has 0 heterocycles. The zero-order valence-electron chi connectivity index (χ0n) is 14.3. The van der Waals surface area contributed by atoms with Crippen LogP contribution in [0.4, 0.5) is 5.69 Å². The highest BCUT2D eigenvalue weighted by Gasteiger charge is 2.22. The van der Waals surface area contributed by atoms with Crippen LogP contribution in [-0.2, 0) is 14.8 Å². The van der Waals surface area contributed by atoms with Gasteiger partial charge in [0.15, 0.2) is 0 Å². The third-order valence-electron chi connectivity index (χ3n) is 4.05. The number of carbonyl (C=O) groups is 1. The molecule has 0 aromatic heterocycles. The van der Waals surface area contributed by atoms with Crippen LogP contribution in [0.1, 0.15) is 22.3 Å². The summed E-state index contributed by atoms with van der Waals surface area (Å²) in [4.78, 5) is 12.2. The van der Waals surface area contributed by atoms with E-state index in [1.54, 1.807) is 38.1 Å². The molecule has 2 rings (SSSR count). The first-order valence-corrected chi connectivity index (χ1v) is 9.12. The van der Waals surface area contributed by atoms with Crippen molar-refractivity contribution >= 4 is 21.6 Å². The van der Waals surface area contributed by atoms with Gasteiger partial charge in [0.25, 0.3) is 0 Å². The Kier molecular flexibility index (Phi) is 5.41. The van der Waals surface area contributed by atoms with Crippen molar-refractivity contribution in [1.82, 2.24) is 4.72 Å². The molecule has 0 aliphatic carbocycles. The Morgan fingerprint density at radius 3 is 2.04 bits per heavy atom. The number of amides is 1. The van der Waals surface area contributed by atoms with Gasteiger partial charge in [-0.2, -0.15) is 0 Å². The molecule has 2 aromatic rings. The zero-order chi connectivity index (χ0) is 17.9. The SMILES string of the molecule is Cc1cc(C)c(C)c(S(=O)(=O)NCC(=O)Nc2ccccc2)c1C. The summed E-state index contributed by atoms with van der Waals surface area (Å²) in [7, 11) is -3.76. The lowest BCUT2D eigenvalue weighted by Gasteiger charge is -2.16. The minimum atomic E-state index is -3.76. The highest BCUT2D eigenvalue weighted by Crippen LogP contribution is 2.25. The van der Waals surface area contributed by atoms with E-state index in [1.165, 1.54) is 0 Å². The van der Waals surface area contributed by atoms with Gasteiger partial charge in [0, 0.05) is 5.69 Å². The molecule has 0 saturated heterocycles. The van der Waals surface area contributed by atoms with Crippen molar-refractivity contribution in [2.75, 3.05) is 11.9 Å². The summed E-state index contributed by atoms with van der Waals surface area (Å²) >= 11 is 0. The quantitative estimate of drug-likeness (QED) is 0.874. The fourth-order valence-corrected chi connectivity index (χ4v) is 4.14. The van der Waals surface area contributed by atoms with Gasteiger partial charge in [-0.1, -0.05) is 24.3 Å². The highest BCUT2D eigenvalue weighted by atomic mass is 32.2. The molecule has 128 valence electrons. The van der Waals surface area contributed by atoms with E-state index in [9.17, 15) is 13.2 Å². The van der Waals surface area contributed by atoms with Crippen molar-refractivity contribution in [3.63, 3.8) is 0 Å². The third kappa shape index (κ3) is 4.01. The number of sulfonamides is 1. The van der Waals surface area contributed by atoms with Gasteiger partial charge >= 0.3 is 0 Å². The highest BCUT2D eigenvalue weighted by molar-refractivity contribution is 7.89. The number of nitrogens with one attached hydrogen (secondary N) is 2. The summed E-state index contributed by atoms with van der Waals surface area (Å²) in [5.74, 6) is -0.413. The number of benzene rings is 2. The van der Waals surface area contributed by atoms with E-state index >= 15 is 0 Å². The molecular formula is C18H22N2O3S.